The minimum atomic E-state index is -4.67. The number of aliphatic hydroxyl groups excluding tert-OH is 2. The first-order valence-corrected chi connectivity index (χ1v) is 13.3. The van der Waals surface area contributed by atoms with E-state index in [1.165, 1.54) is 0 Å². The zero-order chi connectivity index (χ0) is 27.3. The van der Waals surface area contributed by atoms with Crippen molar-refractivity contribution >= 4 is 10.4 Å². The van der Waals surface area contributed by atoms with Crippen LogP contribution in [-0.2, 0) is 29.3 Å². The van der Waals surface area contributed by atoms with Crippen LogP contribution in [0, 0.1) is 0 Å². The van der Waals surface area contributed by atoms with Crippen LogP contribution in [0.25, 0.3) is 0 Å². The molecule has 0 radical (unpaired) electrons. The monoisotopic (exact) mass is 546 g/mol. The quantitative estimate of drug-likeness (QED) is 0.142. The number of ether oxygens (including phenoxy) is 4. The normalized spacial score (nSPS) is 43.9. The van der Waals surface area contributed by atoms with Gasteiger partial charge in [0.25, 0.3) is 0 Å². The van der Waals surface area contributed by atoms with Gasteiger partial charge in [0.05, 0.1) is 30.9 Å². The van der Waals surface area contributed by atoms with Gasteiger partial charge in [-0.25, -0.2) is 0 Å². The van der Waals surface area contributed by atoms with E-state index >= 15 is 0 Å². The molecule has 214 valence electrons. The predicted molar refractivity (Wildman–Crippen MR) is 126 cm³/mol. The Kier molecular flexibility index (Phi) is 11.8. The van der Waals surface area contributed by atoms with Crippen molar-refractivity contribution in [2.45, 2.75) is 99.4 Å². The van der Waals surface area contributed by atoms with Crippen molar-refractivity contribution in [1.29, 1.82) is 0 Å². The van der Waals surface area contributed by atoms with Gasteiger partial charge in [0.2, 0.25) is 0 Å². The van der Waals surface area contributed by atoms with Gasteiger partial charge < -0.3 is 56.4 Å². The molecule has 0 aromatic rings. The number of hydrogen-bond donors (Lipinski definition) is 9. The molecule has 3 unspecified atom stereocenters. The molecule has 3 fully saturated rings. The first-order chi connectivity index (χ1) is 16.7. The zero-order valence-corrected chi connectivity index (χ0v) is 21.6. The van der Waals surface area contributed by atoms with E-state index in [0.29, 0.717) is 19.4 Å². The van der Waals surface area contributed by atoms with Gasteiger partial charge in [-0.3, -0.25) is 9.11 Å². The first kappa shape index (κ1) is 31.6. The smallest absolute Gasteiger partial charge is 0.388 e. The molecule has 0 amide bonds. The van der Waals surface area contributed by atoms with Crippen molar-refractivity contribution in [3.63, 3.8) is 0 Å². The Morgan fingerprint density at radius 1 is 1.00 bits per heavy atom. The van der Waals surface area contributed by atoms with E-state index in [-0.39, 0.29) is 18.8 Å². The lowest BCUT2D eigenvalue weighted by Crippen LogP contribution is -2.66. The summed E-state index contributed by atoms with van der Waals surface area (Å²) in [5.41, 5.74) is 11.2. The second-order valence-electron chi connectivity index (χ2n) is 9.67. The minimum Gasteiger partial charge on any atom is -0.388 e. The Hall–Kier alpha value is -0.570. The number of likely N-dealkylation sites (N-methyl/N-ethyl adjacent to an activating group) is 2. The van der Waals surface area contributed by atoms with Crippen LogP contribution in [0.15, 0.2) is 0 Å². The molecule has 1 aliphatic carbocycles. The summed E-state index contributed by atoms with van der Waals surface area (Å²) >= 11 is 0. The van der Waals surface area contributed by atoms with E-state index in [2.05, 4.69) is 10.6 Å². The summed E-state index contributed by atoms with van der Waals surface area (Å²) in [4.78, 5) is 0. The number of nitrogens with one attached hydrogen (secondary N) is 2. The minimum absolute atomic E-state index is 0.0138. The number of aliphatic hydroxyl groups is 3. The maximum Gasteiger partial charge on any atom is 0.394 e. The van der Waals surface area contributed by atoms with Crippen LogP contribution in [0.1, 0.15) is 32.6 Å². The average molecular weight is 547 g/mol. The highest BCUT2D eigenvalue weighted by Crippen LogP contribution is 2.31. The molecule has 2 heterocycles. The second kappa shape index (κ2) is 13.5. The summed E-state index contributed by atoms with van der Waals surface area (Å²) in [5.74, 6) is 0. The molecule has 36 heavy (non-hydrogen) atoms. The Labute approximate surface area is 211 Å². The topological polar surface area (TPSA) is 248 Å². The Bertz CT molecular complexity index is 769. The predicted octanol–water partition coefficient (Wildman–Crippen LogP) is -3.31. The third-order valence-corrected chi connectivity index (χ3v) is 6.60. The van der Waals surface area contributed by atoms with Gasteiger partial charge in [-0.1, -0.05) is 0 Å². The lowest BCUT2D eigenvalue weighted by Gasteiger charge is -2.47. The van der Waals surface area contributed by atoms with E-state index in [1.807, 2.05) is 7.05 Å². The lowest BCUT2D eigenvalue weighted by molar-refractivity contribution is -0.304. The average Bonchev–Trinajstić information content (AvgIpc) is 2.76. The van der Waals surface area contributed by atoms with Crippen LogP contribution < -0.4 is 22.1 Å². The maximum absolute atomic E-state index is 11.0. The summed E-state index contributed by atoms with van der Waals surface area (Å²) in [6, 6.07) is -1.35. The van der Waals surface area contributed by atoms with Crippen LogP contribution in [0.4, 0.5) is 0 Å². The molecule has 0 aromatic heterocycles. The molecular weight excluding hydrogens is 504 g/mol. The van der Waals surface area contributed by atoms with E-state index in [0.717, 1.165) is 12.8 Å². The molecule has 2 aliphatic heterocycles. The van der Waals surface area contributed by atoms with Crippen molar-refractivity contribution in [2.75, 3.05) is 27.2 Å². The van der Waals surface area contributed by atoms with Crippen molar-refractivity contribution in [3.05, 3.63) is 0 Å². The Morgan fingerprint density at radius 3 is 2.19 bits per heavy atom. The largest absolute Gasteiger partial charge is 0.394 e. The molecule has 0 aromatic carbocycles. The molecule has 3 rings (SSSR count). The summed E-state index contributed by atoms with van der Waals surface area (Å²) in [6.07, 6.45) is -2.61. The van der Waals surface area contributed by atoms with E-state index in [1.54, 1.807) is 14.0 Å². The number of nitrogens with two attached hydrogens (primary N) is 2. The van der Waals surface area contributed by atoms with E-state index < -0.39 is 65.1 Å². The highest BCUT2D eigenvalue weighted by atomic mass is 32.3. The van der Waals surface area contributed by atoms with E-state index in [4.69, 9.17) is 47.9 Å². The van der Waals surface area contributed by atoms with Gasteiger partial charge in [0.1, 0.15) is 23.9 Å². The molecule has 0 spiro atoms. The fraction of sp³-hybridized carbons (Fsp3) is 1.00. The van der Waals surface area contributed by atoms with Gasteiger partial charge in [-0.2, -0.15) is 8.42 Å². The molecule has 16 heteroatoms. The third-order valence-electron chi connectivity index (χ3n) is 6.60. The van der Waals surface area contributed by atoms with Gasteiger partial charge in [0.15, 0.2) is 12.6 Å². The fourth-order valence-corrected chi connectivity index (χ4v) is 4.76. The molecule has 15 nitrogen and oxygen atoms in total. The molecule has 0 bridgehead atoms. The number of rotatable bonds is 7. The molecule has 3 aliphatic rings. The Balaban J connectivity index is 0.000000830. The van der Waals surface area contributed by atoms with Crippen molar-refractivity contribution in [1.82, 2.24) is 10.6 Å². The van der Waals surface area contributed by atoms with Gasteiger partial charge >= 0.3 is 10.4 Å². The number of hydrogen-bond acceptors (Lipinski definition) is 13. The summed E-state index contributed by atoms with van der Waals surface area (Å²) in [5, 5.41) is 38.0. The fourth-order valence-electron chi connectivity index (χ4n) is 4.76. The van der Waals surface area contributed by atoms with Crippen LogP contribution in [0.2, 0.25) is 0 Å². The molecule has 2 saturated heterocycles. The maximum atomic E-state index is 11.0. The lowest BCUT2D eigenvalue weighted by atomic mass is 9.87. The molecule has 11 N–H and O–H groups in total. The summed E-state index contributed by atoms with van der Waals surface area (Å²) < 4.78 is 55.1. The SMILES string of the molecule is CNC[C@@H]1CC[C@@H](N)[C@H](OC2[C@H](O)C(O[C@H]3OC[C@](C)(O)[C@H](NC)C3O)CC[C@@H]2N)O1.O=S(=O)(O)O. The van der Waals surface area contributed by atoms with Crippen molar-refractivity contribution in [3.8, 4) is 0 Å². The third kappa shape index (κ3) is 9.02. The van der Waals surface area contributed by atoms with Crippen LogP contribution in [0.5, 0.6) is 0 Å². The van der Waals surface area contributed by atoms with Crippen LogP contribution >= 0.6 is 0 Å². The standard InChI is InChI=1S/C20H40N4O7.H2O4S/c1-20(27)9-28-19(15(26)17(20)24-3)30-13-7-6-11(21)16(14(13)25)31-18-12(22)5-4-10(29-18)8-23-2;1-5(2,3)4/h10-19,23-27H,4-9,21-22H2,1-3H3;(H2,1,2,3,4)/t10-,11-,12+,13?,14+,15?,16?,17+,18-,19+,20-;/m0./s1. The second-order valence-corrected chi connectivity index (χ2v) is 10.6. The molecule has 1 saturated carbocycles. The molecule has 11 atom stereocenters. The van der Waals surface area contributed by atoms with Gasteiger partial charge in [-0.05, 0) is 46.7 Å². The highest BCUT2D eigenvalue weighted by Gasteiger charge is 2.49. The van der Waals surface area contributed by atoms with Crippen molar-refractivity contribution in [2.24, 2.45) is 11.5 Å². The first-order valence-electron chi connectivity index (χ1n) is 11.9. The Morgan fingerprint density at radius 2 is 1.61 bits per heavy atom. The van der Waals surface area contributed by atoms with Crippen LogP contribution in [-0.4, -0.2) is 127 Å². The summed E-state index contributed by atoms with van der Waals surface area (Å²) in [7, 11) is -1.16. The van der Waals surface area contributed by atoms with Gasteiger partial charge in [-0.15, -0.1) is 0 Å². The van der Waals surface area contributed by atoms with Crippen molar-refractivity contribution < 1.29 is 51.8 Å². The summed E-state index contributed by atoms with van der Waals surface area (Å²) in [6.45, 7) is 2.26. The van der Waals surface area contributed by atoms with Crippen LogP contribution in [0.3, 0.4) is 0 Å². The molecular formula is C20H42N4O11S. The highest BCUT2D eigenvalue weighted by molar-refractivity contribution is 7.79. The van der Waals surface area contributed by atoms with E-state index in [9.17, 15) is 15.3 Å². The zero-order valence-electron chi connectivity index (χ0n) is 20.8. The van der Waals surface area contributed by atoms with Gasteiger partial charge in [0, 0.05) is 12.6 Å².